The molecule has 12 heteroatoms. The van der Waals surface area contributed by atoms with E-state index in [4.69, 9.17) is 5.11 Å². The molecule has 3 unspecified atom stereocenters. The molecule has 1 fully saturated rings. The fraction of sp³-hybridized carbons (Fsp3) is 0.522. The fourth-order valence-corrected chi connectivity index (χ4v) is 5.26. The normalized spacial score (nSPS) is 20.3. The van der Waals surface area contributed by atoms with Crippen molar-refractivity contribution in [2.75, 3.05) is 6.54 Å². The van der Waals surface area contributed by atoms with Crippen LogP contribution >= 0.6 is 11.8 Å². The maximum Gasteiger partial charge on any atom is 0.326 e. The zero-order chi connectivity index (χ0) is 26.0. The molecule has 1 aromatic rings. The average molecular weight is 509 g/mol. The lowest BCUT2D eigenvalue weighted by molar-refractivity contribution is -0.141. The number of rotatable bonds is 14. The Morgan fingerprint density at radius 3 is 2.40 bits per heavy atom. The lowest BCUT2D eigenvalue weighted by Crippen LogP contribution is -2.57. The molecule has 192 valence electrons. The van der Waals surface area contributed by atoms with E-state index in [0.717, 1.165) is 5.56 Å². The number of thioether (sulfide) groups is 1. The lowest BCUT2D eigenvalue weighted by atomic mass is 10.0. The van der Waals surface area contributed by atoms with E-state index in [0.29, 0.717) is 19.3 Å². The molecule has 1 aliphatic heterocycles. The summed E-state index contributed by atoms with van der Waals surface area (Å²) in [6.45, 7) is 3.74. The van der Waals surface area contributed by atoms with E-state index >= 15 is 0 Å². The Kier molecular flexibility index (Phi) is 10.5. The fourth-order valence-electron chi connectivity index (χ4n) is 3.77. The van der Waals surface area contributed by atoms with Crippen molar-refractivity contribution in [1.29, 1.82) is 0 Å². The Morgan fingerprint density at radius 2 is 1.83 bits per heavy atom. The van der Waals surface area contributed by atoms with Gasteiger partial charge in [0, 0.05) is 11.3 Å². The maximum absolute atomic E-state index is 13.0. The van der Waals surface area contributed by atoms with Crippen LogP contribution in [0.3, 0.4) is 0 Å². The minimum absolute atomic E-state index is 0.0636. The summed E-state index contributed by atoms with van der Waals surface area (Å²) in [5, 5.41) is 28.6. The predicted octanol–water partition coefficient (Wildman–Crippen LogP) is 0.0939. The second-order valence-electron chi connectivity index (χ2n) is 8.75. The van der Waals surface area contributed by atoms with Gasteiger partial charge in [0.05, 0.1) is 11.8 Å². The van der Waals surface area contributed by atoms with Gasteiger partial charge in [-0.25, -0.2) is 4.79 Å². The number of nitrogens with one attached hydrogen (secondary N) is 4. The van der Waals surface area contributed by atoms with Crippen molar-refractivity contribution in [3.05, 3.63) is 35.9 Å². The van der Waals surface area contributed by atoms with Gasteiger partial charge in [-0.05, 0) is 38.7 Å². The molecule has 0 radical (unpaired) electrons. The van der Waals surface area contributed by atoms with E-state index < -0.39 is 46.1 Å². The Balaban J connectivity index is 2.01. The summed E-state index contributed by atoms with van der Waals surface area (Å²) in [5.41, 5.74) is 0.775. The summed E-state index contributed by atoms with van der Waals surface area (Å²) in [6, 6.07) is 6.11. The molecule has 4 atom stereocenters. The second kappa shape index (κ2) is 13.1. The van der Waals surface area contributed by atoms with Crippen LogP contribution in [0.4, 0.5) is 0 Å². The highest BCUT2D eigenvalue weighted by atomic mass is 32.2. The van der Waals surface area contributed by atoms with E-state index in [1.807, 2.05) is 6.07 Å². The van der Waals surface area contributed by atoms with Gasteiger partial charge in [0.15, 0.2) is 0 Å². The molecule has 1 heterocycles. The quantitative estimate of drug-likeness (QED) is 0.150. The topological polar surface area (TPSA) is 174 Å². The lowest BCUT2D eigenvalue weighted by Gasteiger charge is -2.25. The van der Waals surface area contributed by atoms with E-state index in [1.54, 1.807) is 38.1 Å². The van der Waals surface area contributed by atoms with Gasteiger partial charge in [-0.1, -0.05) is 30.3 Å². The second-order valence-corrected chi connectivity index (χ2v) is 10.5. The number of hydrogen-bond acceptors (Lipinski definition) is 7. The Labute approximate surface area is 207 Å². The number of hydrogen-bond donors (Lipinski definition) is 6. The van der Waals surface area contributed by atoms with Gasteiger partial charge in [0.2, 0.25) is 18.2 Å². The first-order valence-electron chi connectivity index (χ1n) is 11.3. The number of carbonyl (C=O) groups excluding carboxylic acids is 3. The molecular formula is C23H32N4O7S. The van der Waals surface area contributed by atoms with Gasteiger partial charge >= 0.3 is 11.9 Å². The van der Waals surface area contributed by atoms with Crippen LogP contribution in [0.5, 0.6) is 0 Å². The largest absolute Gasteiger partial charge is 0.480 e. The first-order valence-corrected chi connectivity index (χ1v) is 12.1. The molecular weight excluding hydrogens is 476 g/mol. The molecule has 35 heavy (non-hydrogen) atoms. The van der Waals surface area contributed by atoms with Gasteiger partial charge in [-0.3, -0.25) is 24.5 Å². The summed E-state index contributed by atoms with van der Waals surface area (Å²) in [4.78, 5) is 59.0. The third kappa shape index (κ3) is 8.55. The molecule has 0 bridgehead atoms. The molecule has 1 aliphatic rings. The monoisotopic (exact) mass is 508 g/mol. The predicted molar refractivity (Wildman–Crippen MR) is 130 cm³/mol. The number of carboxylic acid groups (broad SMARTS) is 2. The molecule has 1 aromatic carbocycles. The van der Waals surface area contributed by atoms with E-state index in [2.05, 4.69) is 21.3 Å². The van der Waals surface area contributed by atoms with E-state index in [9.17, 15) is 29.1 Å². The minimum Gasteiger partial charge on any atom is -0.480 e. The third-order valence-electron chi connectivity index (χ3n) is 5.60. The van der Waals surface area contributed by atoms with Crippen LogP contribution in [-0.4, -0.2) is 75.2 Å². The first-order chi connectivity index (χ1) is 16.5. The first kappa shape index (κ1) is 28.1. The van der Waals surface area contributed by atoms with E-state index in [-0.39, 0.29) is 25.3 Å². The van der Waals surface area contributed by atoms with Crippen molar-refractivity contribution < 1.29 is 34.2 Å². The van der Waals surface area contributed by atoms with Crippen LogP contribution in [0.1, 0.15) is 38.7 Å². The molecule has 0 aromatic heterocycles. The molecule has 2 rings (SSSR count). The molecule has 0 spiro atoms. The smallest absolute Gasteiger partial charge is 0.326 e. The van der Waals surface area contributed by atoms with Gasteiger partial charge in [0.1, 0.15) is 18.1 Å². The highest BCUT2D eigenvalue weighted by Gasteiger charge is 2.49. The summed E-state index contributed by atoms with van der Waals surface area (Å²) >= 11 is 1.27. The van der Waals surface area contributed by atoms with Crippen LogP contribution in [-0.2, 0) is 30.4 Å². The van der Waals surface area contributed by atoms with Crippen LogP contribution < -0.4 is 21.3 Å². The molecule has 1 saturated heterocycles. The summed E-state index contributed by atoms with van der Waals surface area (Å²) in [5.74, 6) is -3.03. The number of carboxylic acids is 2. The standard InChI is InChI=1S/C23H32N4O7S/c1-23(2)18(22(33)34)27-20(35-23)17(26-16(29)12-14-8-4-3-5-9-14)19(30)24-11-7-6-10-15(21(31)32)25-13-28/h3-5,8-9,13,15,17-18,20,27H,6-7,10-12H2,1-2H3,(H,24,30)(H,25,28)(H,26,29)(H,31,32)(H,33,34)/t15-,17?,18?,20?/m0/s1. The Morgan fingerprint density at radius 1 is 1.14 bits per heavy atom. The van der Waals surface area contributed by atoms with Crippen LogP contribution in [0.25, 0.3) is 0 Å². The van der Waals surface area contributed by atoms with Crippen LogP contribution in [0.2, 0.25) is 0 Å². The zero-order valence-corrected chi connectivity index (χ0v) is 20.5. The number of benzene rings is 1. The Bertz CT molecular complexity index is 912. The zero-order valence-electron chi connectivity index (χ0n) is 19.7. The van der Waals surface area contributed by atoms with Crippen molar-refractivity contribution in [2.45, 2.75) is 67.8 Å². The third-order valence-corrected chi connectivity index (χ3v) is 7.10. The van der Waals surface area contributed by atoms with Crippen molar-refractivity contribution in [1.82, 2.24) is 21.3 Å². The Hall–Kier alpha value is -3.12. The molecule has 11 nitrogen and oxygen atoms in total. The molecule has 0 saturated carbocycles. The number of carbonyl (C=O) groups is 5. The SMILES string of the molecule is CC1(C)SC(C(NC(=O)Cc2ccccc2)C(=O)NCCCC[C@H](NC=O)C(=O)O)NC1C(=O)O. The maximum atomic E-state index is 13.0. The van der Waals surface area contributed by atoms with Gasteiger partial charge in [-0.15, -0.1) is 11.8 Å². The number of unbranched alkanes of at least 4 members (excludes halogenated alkanes) is 1. The van der Waals surface area contributed by atoms with Crippen molar-refractivity contribution in [3.63, 3.8) is 0 Å². The molecule has 3 amide bonds. The van der Waals surface area contributed by atoms with E-state index in [1.165, 1.54) is 11.8 Å². The summed E-state index contributed by atoms with van der Waals surface area (Å²) in [6.07, 6.45) is 1.49. The summed E-state index contributed by atoms with van der Waals surface area (Å²) < 4.78 is -0.712. The van der Waals surface area contributed by atoms with Crippen molar-refractivity contribution >= 4 is 41.9 Å². The van der Waals surface area contributed by atoms with Crippen LogP contribution in [0.15, 0.2) is 30.3 Å². The highest BCUT2D eigenvalue weighted by Crippen LogP contribution is 2.39. The van der Waals surface area contributed by atoms with Crippen LogP contribution in [0, 0.1) is 0 Å². The molecule has 0 aliphatic carbocycles. The number of amides is 3. The van der Waals surface area contributed by atoms with Crippen molar-refractivity contribution in [2.24, 2.45) is 0 Å². The van der Waals surface area contributed by atoms with Crippen molar-refractivity contribution in [3.8, 4) is 0 Å². The average Bonchev–Trinajstić information content (AvgIpc) is 3.12. The van der Waals surface area contributed by atoms with Gasteiger partial charge in [0.25, 0.3) is 0 Å². The van der Waals surface area contributed by atoms with Gasteiger partial charge in [-0.2, -0.15) is 0 Å². The summed E-state index contributed by atoms with van der Waals surface area (Å²) in [7, 11) is 0. The molecule has 6 N–H and O–H groups in total. The minimum atomic E-state index is -1.14. The highest BCUT2D eigenvalue weighted by molar-refractivity contribution is 8.01. The van der Waals surface area contributed by atoms with Gasteiger partial charge < -0.3 is 26.2 Å². The number of aliphatic carboxylic acids is 2.